The van der Waals surface area contributed by atoms with Gasteiger partial charge in [-0.3, -0.25) is 14.9 Å². The molecule has 0 aromatic heterocycles. The zero-order valence-corrected chi connectivity index (χ0v) is 16.7. The second-order valence-corrected chi connectivity index (χ2v) is 6.86. The van der Waals surface area contributed by atoms with Crippen LogP contribution in [-0.2, 0) is 6.54 Å². The Morgan fingerprint density at radius 1 is 1.29 bits per heavy atom. The largest absolute Gasteiger partial charge is 0.375 e. The maximum Gasteiger partial charge on any atom is 0.293 e. The van der Waals surface area contributed by atoms with Gasteiger partial charge in [0.2, 0.25) is 0 Å². The number of amides is 1. The van der Waals surface area contributed by atoms with E-state index in [2.05, 4.69) is 16.0 Å². The predicted octanol–water partition coefficient (Wildman–Crippen LogP) is 3.76. The van der Waals surface area contributed by atoms with Crippen LogP contribution in [0.4, 0.5) is 11.4 Å². The van der Waals surface area contributed by atoms with Gasteiger partial charge in [0, 0.05) is 35.8 Å². The van der Waals surface area contributed by atoms with Crippen molar-refractivity contribution in [3.63, 3.8) is 0 Å². The summed E-state index contributed by atoms with van der Waals surface area (Å²) < 4.78 is 0. The highest BCUT2D eigenvalue weighted by molar-refractivity contribution is 6.31. The third-order valence-corrected chi connectivity index (χ3v) is 4.88. The Morgan fingerprint density at radius 3 is 2.75 bits per heavy atom. The fourth-order valence-electron chi connectivity index (χ4n) is 3.05. The summed E-state index contributed by atoms with van der Waals surface area (Å²) in [5.41, 5.74) is 1.31. The van der Waals surface area contributed by atoms with Crippen molar-refractivity contribution in [3.8, 4) is 0 Å². The molecule has 0 aliphatic carbocycles. The number of carbonyl (C=O) groups excluding carboxylic acids is 1. The standard InChI is InChI=1S/C19H21ClN4O3.ClH/c20-16-6-2-1-4-14(16)11-22-17-8-7-13(10-18(17)24(26)27)19(25)23-15-5-3-9-21-12-15;/h1-2,4,6-8,10,15,21-22H,3,5,9,11-12H2,(H,23,25);1H/t15-;/m0./s1. The van der Waals surface area contributed by atoms with Crippen molar-refractivity contribution in [2.75, 3.05) is 18.4 Å². The average molecular weight is 425 g/mol. The highest BCUT2D eigenvalue weighted by Crippen LogP contribution is 2.27. The number of benzene rings is 2. The molecule has 1 aliphatic rings. The number of anilines is 1. The molecule has 0 bridgehead atoms. The van der Waals surface area contributed by atoms with Crippen molar-refractivity contribution < 1.29 is 9.72 Å². The number of nitro groups is 1. The van der Waals surface area contributed by atoms with Gasteiger partial charge in [-0.2, -0.15) is 0 Å². The summed E-state index contributed by atoms with van der Waals surface area (Å²) in [7, 11) is 0. The molecule has 150 valence electrons. The number of hydrogen-bond donors (Lipinski definition) is 3. The third-order valence-electron chi connectivity index (χ3n) is 4.52. The molecular weight excluding hydrogens is 403 g/mol. The number of piperidine rings is 1. The fourth-order valence-corrected chi connectivity index (χ4v) is 3.25. The molecule has 9 heteroatoms. The minimum absolute atomic E-state index is 0. The van der Waals surface area contributed by atoms with E-state index in [9.17, 15) is 14.9 Å². The predicted molar refractivity (Wildman–Crippen MR) is 112 cm³/mol. The van der Waals surface area contributed by atoms with Crippen LogP contribution in [0.2, 0.25) is 5.02 Å². The number of carbonyl (C=O) groups is 1. The first kappa shape index (κ1) is 21.9. The zero-order valence-electron chi connectivity index (χ0n) is 15.1. The topological polar surface area (TPSA) is 96.3 Å². The van der Waals surface area contributed by atoms with Crippen molar-refractivity contribution in [3.05, 3.63) is 68.7 Å². The van der Waals surface area contributed by atoms with E-state index in [1.165, 1.54) is 6.07 Å². The Bertz CT molecular complexity index is 842. The van der Waals surface area contributed by atoms with Crippen molar-refractivity contribution in [1.29, 1.82) is 0 Å². The Balaban J connectivity index is 0.00000280. The lowest BCUT2D eigenvalue weighted by Gasteiger charge is -2.23. The lowest BCUT2D eigenvalue weighted by molar-refractivity contribution is -0.384. The van der Waals surface area contributed by atoms with E-state index in [1.807, 2.05) is 18.2 Å². The summed E-state index contributed by atoms with van der Waals surface area (Å²) in [4.78, 5) is 23.4. The Labute approximate surface area is 174 Å². The van der Waals surface area contributed by atoms with E-state index in [4.69, 9.17) is 11.6 Å². The fraction of sp³-hybridized carbons (Fsp3) is 0.316. The van der Waals surface area contributed by atoms with Gasteiger partial charge >= 0.3 is 0 Å². The minimum Gasteiger partial charge on any atom is -0.375 e. The van der Waals surface area contributed by atoms with Crippen LogP contribution in [0.3, 0.4) is 0 Å². The zero-order chi connectivity index (χ0) is 19.2. The molecule has 0 spiro atoms. The highest BCUT2D eigenvalue weighted by atomic mass is 35.5. The molecule has 0 unspecified atom stereocenters. The first-order valence-corrected chi connectivity index (χ1v) is 9.19. The SMILES string of the molecule is Cl.O=C(N[C@H]1CCCNC1)c1ccc(NCc2ccccc2Cl)c([N+](=O)[O-])c1. The van der Waals surface area contributed by atoms with Gasteiger partial charge in [-0.1, -0.05) is 29.8 Å². The maximum absolute atomic E-state index is 12.4. The van der Waals surface area contributed by atoms with Crippen LogP contribution >= 0.6 is 24.0 Å². The maximum atomic E-state index is 12.4. The van der Waals surface area contributed by atoms with Gasteiger partial charge in [0.05, 0.1) is 4.92 Å². The van der Waals surface area contributed by atoms with Crippen molar-refractivity contribution >= 4 is 41.3 Å². The Hall–Kier alpha value is -2.35. The van der Waals surface area contributed by atoms with E-state index in [-0.39, 0.29) is 35.6 Å². The van der Waals surface area contributed by atoms with Crippen molar-refractivity contribution in [1.82, 2.24) is 10.6 Å². The number of hydrogen-bond acceptors (Lipinski definition) is 5. The van der Waals surface area contributed by atoms with Crippen LogP contribution in [0.1, 0.15) is 28.8 Å². The second kappa shape index (κ2) is 10.3. The van der Waals surface area contributed by atoms with E-state index in [0.29, 0.717) is 23.8 Å². The normalized spacial score (nSPS) is 16.0. The smallest absolute Gasteiger partial charge is 0.293 e. The molecule has 1 amide bonds. The van der Waals surface area contributed by atoms with Crippen LogP contribution in [0.5, 0.6) is 0 Å². The van der Waals surface area contributed by atoms with E-state index in [0.717, 1.165) is 24.9 Å². The van der Waals surface area contributed by atoms with E-state index in [1.54, 1.807) is 18.2 Å². The van der Waals surface area contributed by atoms with Gasteiger partial charge in [0.25, 0.3) is 11.6 Å². The molecule has 0 saturated carbocycles. The van der Waals surface area contributed by atoms with Crippen LogP contribution in [0.25, 0.3) is 0 Å². The van der Waals surface area contributed by atoms with Crippen LogP contribution in [0.15, 0.2) is 42.5 Å². The molecule has 2 aromatic carbocycles. The summed E-state index contributed by atoms with van der Waals surface area (Å²) in [6, 6.07) is 11.8. The molecule has 1 saturated heterocycles. The summed E-state index contributed by atoms with van der Waals surface area (Å²) in [6.07, 6.45) is 1.90. The monoisotopic (exact) mass is 424 g/mol. The summed E-state index contributed by atoms with van der Waals surface area (Å²) in [5.74, 6) is -0.301. The van der Waals surface area contributed by atoms with Gasteiger partial charge < -0.3 is 16.0 Å². The Morgan fingerprint density at radius 2 is 2.07 bits per heavy atom. The molecule has 3 N–H and O–H groups in total. The number of nitro benzene ring substituents is 1. The van der Waals surface area contributed by atoms with Gasteiger partial charge in [-0.25, -0.2) is 0 Å². The molecule has 0 radical (unpaired) electrons. The van der Waals surface area contributed by atoms with E-state index >= 15 is 0 Å². The molecule has 1 fully saturated rings. The quantitative estimate of drug-likeness (QED) is 0.484. The number of rotatable bonds is 6. The third kappa shape index (κ3) is 5.58. The molecule has 28 heavy (non-hydrogen) atoms. The Kier molecular flexibility index (Phi) is 8.04. The van der Waals surface area contributed by atoms with Crippen molar-refractivity contribution in [2.24, 2.45) is 0 Å². The van der Waals surface area contributed by atoms with Crippen LogP contribution in [0, 0.1) is 10.1 Å². The summed E-state index contributed by atoms with van der Waals surface area (Å²) in [5, 5.41) is 21.2. The number of nitrogens with zero attached hydrogens (tertiary/aromatic N) is 1. The molecule has 1 aliphatic heterocycles. The highest BCUT2D eigenvalue weighted by Gasteiger charge is 2.20. The van der Waals surface area contributed by atoms with Crippen LogP contribution in [-0.4, -0.2) is 30.0 Å². The van der Waals surface area contributed by atoms with E-state index < -0.39 is 4.92 Å². The number of nitrogens with one attached hydrogen (secondary N) is 3. The lowest BCUT2D eigenvalue weighted by atomic mass is 10.1. The second-order valence-electron chi connectivity index (χ2n) is 6.45. The van der Waals surface area contributed by atoms with Crippen LogP contribution < -0.4 is 16.0 Å². The molecule has 3 rings (SSSR count). The van der Waals surface area contributed by atoms with Gasteiger partial charge in [0.1, 0.15) is 5.69 Å². The average Bonchev–Trinajstić information content (AvgIpc) is 2.68. The molecule has 1 heterocycles. The number of halogens is 2. The van der Waals surface area contributed by atoms with Crippen molar-refractivity contribution in [2.45, 2.75) is 25.4 Å². The minimum atomic E-state index is -0.492. The summed E-state index contributed by atoms with van der Waals surface area (Å²) >= 11 is 6.12. The van der Waals surface area contributed by atoms with Gasteiger partial charge in [-0.05, 0) is 43.1 Å². The molecule has 1 atom stereocenters. The first-order valence-electron chi connectivity index (χ1n) is 8.82. The lowest BCUT2D eigenvalue weighted by Crippen LogP contribution is -2.45. The molecule has 7 nitrogen and oxygen atoms in total. The molecule has 2 aromatic rings. The summed E-state index contributed by atoms with van der Waals surface area (Å²) in [6.45, 7) is 2.01. The molecular formula is C19H22Cl2N4O3. The first-order chi connectivity index (χ1) is 13.0. The van der Waals surface area contributed by atoms with Gasteiger partial charge in [-0.15, -0.1) is 12.4 Å². The van der Waals surface area contributed by atoms with Gasteiger partial charge in [0.15, 0.2) is 0 Å².